The van der Waals surface area contributed by atoms with Crippen LogP contribution in [0.1, 0.15) is 50.5 Å². The van der Waals surface area contributed by atoms with Crippen LogP contribution in [0.5, 0.6) is 5.75 Å². The summed E-state index contributed by atoms with van der Waals surface area (Å²) in [6.45, 7) is -0.491. The Morgan fingerprint density at radius 3 is 1.92 bits per heavy atom. The van der Waals surface area contributed by atoms with Gasteiger partial charge in [-0.15, -0.1) is 0 Å². The van der Waals surface area contributed by atoms with Crippen molar-refractivity contribution in [3.63, 3.8) is 0 Å². The molecule has 24 heavy (non-hydrogen) atoms. The molecule has 0 heterocycles. The van der Waals surface area contributed by atoms with Crippen LogP contribution in [0.4, 0.5) is 8.78 Å². The summed E-state index contributed by atoms with van der Waals surface area (Å²) in [7, 11) is 0. The van der Waals surface area contributed by atoms with E-state index in [1.54, 1.807) is 12.1 Å². The Labute approximate surface area is 142 Å². The van der Waals surface area contributed by atoms with Crippen molar-refractivity contribution in [3.05, 3.63) is 54.1 Å². The summed E-state index contributed by atoms with van der Waals surface area (Å²) in [6.07, 6.45) is 6.56. The molecule has 0 aromatic heterocycles. The van der Waals surface area contributed by atoms with E-state index in [0.717, 1.165) is 17.0 Å². The van der Waals surface area contributed by atoms with Crippen molar-refractivity contribution >= 4 is 0 Å². The van der Waals surface area contributed by atoms with E-state index in [1.807, 2.05) is 12.1 Å². The Morgan fingerprint density at radius 1 is 0.875 bits per heavy atom. The second-order valence-electron chi connectivity index (χ2n) is 6.65. The summed E-state index contributed by atoms with van der Waals surface area (Å²) >= 11 is 0. The van der Waals surface area contributed by atoms with Crippen LogP contribution in [0.2, 0.25) is 0 Å². The predicted molar refractivity (Wildman–Crippen MR) is 93.5 cm³/mol. The van der Waals surface area contributed by atoms with Crippen LogP contribution in [-0.2, 0) is 0 Å². The zero-order valence-electron chi connectivity index (χ0n) is 14.1. The first-order valence-electron chi connectivity index (χ1n) is 8.81. The van der Waals surface area contributed by atoms with Crippen LogP contribution in [-0.4, -0.2) is 6.61 Å². The molecule has 128 valence electrons. The van der Waals surface area contributed by atoms with Gasteiger partial charge in [0.15, 0.2) is 0 Å². The van der Waals surface area contributed by atoms with E-state index in [2.05, 4.69) is 35.9 Å². The highest BCUT2D eigenvalue weighted by molar-refractivity contribution is 5.64. The molecule has 1 aliphatic rings. The minimum Gasteiger partial charge on any atom is -0.435 e. The van der Waals surface area contributed by atoms with Crippen LogP contribution in [0.25, 0.3) is 11.1 Å². The van der Waals surface area contributed by atoms with Gasteiger partial charge in [0.2, 0.25) is 0 Å². The number of rotatable bonds is 5. The molecule has 0 bridgehead atoms. The minimum absolute atomic E-state index is 0.193. The molecule has 0 aliphatic heterocycles. The number of alkyl halides is 2. The highest BCUT2D eigenvalue weighted by Crippen LogP contribution is 2.37. The van der Waals surface area contributed by atoms with E-state index in [1.165, 1.54) is 37.7 Å². The lowest BCUT2D eigenvalue weighted by Gasteiger charge is -2.28. The average molecular weight is 330 g/mol. The normalized spacial score (nSPS) is 21.0. The van der Waals surface area contributed by atoms with E-state index < -0.39 is 6.61 Å². The second-order valence-corrected chi connectivity index (χ2v) is 6.65. The van der Waals surface area contributed by atoms with Crippen LogP contribution in [0, 0.1) is 5.92 Å². The zero-order valence-corrected chi connectivity index (χ0v) is 14.1. The SMILES string of the molecule is CC[C@H]1CC[C@H](c2ccc(-c3ccc(OC(F)F)cc3)cc2)CC1. The van der Waals surface area contributed by atoms with Gasteiger partial charge >= 0.3 is 6.61 Å². The summed E-state index contributed by atoms with van der Waals surface area (Å²) < 4.78 is 28.8. The third-order valence-corrected chi connectivity index (χ3v) is 5.22. The third kappa shape index (κ3) is 4.14. The summed E-state index contributed by atoms with van der Waals surface area (Å²) in [5.74, 6) is 1.79. The fourth-order valence-electron chi connectivity index (χ4n) is 3.68. The maximum absolute atomic E-state index is 12.2. The quantitative estimate of drug-likeness (QED) is 0.597. The predicted octanol–water partition coefficient (Wildman–Crippen LogP) is 6.64. The molecule has 0 spiro atoms. The Morgan fingerprint density at radius 2 is 1.42 bits per heavy atom. The van der Waals surface area contributed by atoms with Crippen molar-refractivity contribution in [3.8, 4) is 16.9 Å². The monoisotopic (exact) mass is 330 g/mol. The Kier molecular flexibility index (Phi) is 5.49. The lowest BCUT2D eigenvalue weighted by Crippen LogP contribution is -2.12. The summed E-state index contributed by atoms with van der Waals surface area (Å²) in [4.78, 5) is 0. The van der Waals surface area contributed by atoms with E-state index in [9.17, 15) is 8.78 Å². The molecule has 0 radical (unpaired) electrons. The molecule has 0 N–H and O–H groups in total. The second kappa shape index (κ2) is 7.78. The Hall–Kier alpha value is -1.90. The van der Waals surface area contributed by atoms with E-state index >= 15 is 0 Å². The largest absolute Gasteiger partial charge is 0.435 e. The van der Waals surface area contributed by atoms with Gasteiger partial charge in [-0.3, -0.25) is 0 Å². The molecule has 3 rings (SSSR count). The molecule has 1 fully saturated rings. The van der Waals surface area contributed by atoms with Crippen LogP contribution >= 0.6 is 0 Å². The first kappa shape index (κ1) is 16.9. The lowest BCUT2D eigenvalue weighted by molar-refractivity contribution is -0.0498. The summed E-state index contributed by atoms with van der Waals surface area (Å²) in [6, 6.07) is 15.5. The number of halogens is 2. The fourth-order valence-corrected chi connectivity index (χ4v) is 3.68. The number of hydrogen-bond acceptors (Lipinski definition) is 1. The van der Waals surface area contributed by atoms with Gasteiger partial charge in [-0.2, -0.15) is 8.78 Å². The van der Waals surface area contributed by atoms with E-state index in [0.29, 0.717) is 5.92 Å². The topological polar surface area (TPSA) is 9.23 Å². The summed E-state index contributed by atoms with van der Waals surface area (Å²) in [5.41, 5.74) is 3.54. The molecule has 1 aliphatic carbocycles. The van der Waals surface area contributed by atoms with Gasteiger partial charge in [0, 0.05) is 0 Å². The van der Waals surface area contributed by atoms with Gasteiger partial charge in [0.25, 0.3) is 0 Å². The molecule has 1 saturated carbocycles. The standard InChI is InChI=1S/C21H24F2O/c1-2-15-3-5-16(6-4-15)17-7-9-18(10-8-17)19-11-13-20(14-12-19)24-21(22)23/h7-16,21H,2-6H2,1H3/t15-,16-. The van der Waals surface area contributed by atoms with Crippen molar-refractivity contribution in [2.45, 2.75) is 51.6 Å². The highest BCUT2D eigenvalue weighted by atomic mass is 19.3. The first-order chi connectivity index (χ1) is 11.7. The smallest absolute Gasteiger partial charge is 0.387 e. The van der Waals surface area contributed by atoms with Gasteiger partial charge in [-0.25, -0.2) is 0 Å². The average Bonchev–Trinajstić information content (AvgIpc) is 2.62. The molecule has 2 aromatic rings. The lowest BCUT2D eigenvalue weighted by atomic mass is 9.77. The molecule has 3 heteroatoms. The number of hydrogen-bond donors (Lipinski definition) is 0. The number of ether oxygens (including phenoxy) is 1. The van der Waals surface area contributed by atoms with Gasteiger partial charge in [-0.1, -0.05) is 49.7 Å². The fraction of sp³-hybridized carbons (Fsp3) is 0.429. The van der Waals surface area contributed by atoms with Crippen molar-refractivity contribution in [2.24, 2.45) is 5.92 Å². The molecular weight excluding hydrogens is 306 g/mol. The summed E-state index contributed by atoms with van der Waals surface area (Å²) in [5, 5.41) is 0. The molecular formula is C21H24F2O. The Balaban J connectivity index is 1.66. The van der Waals surface area contributed by atoms with Gasteiger partial charge in [-0.05, 0) is 66.3 Å². The molecule has 2 aromatic carbocycles. The van der Waals surface area contributed by atoms with Gasteiger partial charge < -0.3 is 4.74 Å². The maximum atomic E-state index is 12.2. The van der Waals surface area contributed by atoms with Gasteiger partial charge in [0.1, 0.15) is 5.75 Å². The van der Waals surface area contributed by atoms with Crippen molar-refractivity contribution in [1.29, 1.82) is 0 Å². The van der Waals surface area contributed by atoms with Crippen LogP contribution < -0.4 is 4.74 Å². The number of benzene rings is 2. The van der Waals surface area contributed by atoms with Crippen LogP contribution in [0.3, 0.4) is 0 Å². The third-order valence-electron chi connectivity index (χ3n) is 5.22. The van der Waals surface area contributed by atoms with Crippen molar-refractivity contribution in [1.82, 2.24) is 0 Å². The molecule has 0 amide bonds. The van der Waals surface area contributed by atoms with E-state index in [4.69, 9.17) is 0 Å². The van der Waals surface area contributed by atoms with Crippen LogP contribution in [0.15, 0.2) is 48.5 Å². The first-order valence-corrected chi connectivity index (χ1v) is 8.81. The maximum Gasteiger partial charge on any atom is 0.387 e. The van der Waals surface area contributed by atoms with Gasteiger partial charge in [0.05, 0.1) is 0 Å². The zero-order chi connectivity index (χ0) is 16.9. The molecule has 0 saturated heterocycles. The molecule has 0 atom stereocenters. The molecule has 0 unspecified atom stereocenters. The Bertz CT molecular complexity index is 626. The molecule has 1 nitrogen and oxygen atoms in total. The highest BCUT2D eigenvalue weighted by Gasteiger charge is 2.21. The van der Waals surface area contributed by atoms with Crippen molar-refractivity contribution in [2.75, 3.05) is 0 Å². The van der Waals surface area contributed by atoms with Crippen molar-refractivity contribution < 1.29 is 13.5 Å². The minimum atomic E-state index is -2.78. The van der Waals surface area contributed by atoms with E-state index in [-0.39, 0.29) is 5.75 Å².